The van der Waals surface area contributed by atoms with E-state index in [1.807, 2.05) is 18.4 Å². The first-order valence-electron chi connectivity index (χ1n) is 5.85. The van der Waals surface area contributed by atoms with Crippen molar-refractivity contribution in [3.8, 4) is 22.8 Å². The average Bonchev–Trinajstić information content (AvgIpc) is 2.87. The summed E-state index contributed by atoms with van der Waals surface area (Å²) in [5.74, 6) is 1.72. The Bertz CT molecular complexity index is 640. The summed E-state index contributed by atoms with van der Waals surface area (Å²) in [5, 5.41) is 4.32. The van der Waals surface area contributed by atoms with E-state index >= 15 is 0 Å². The molecule has 2 heterocycles. The van der Waals surface area contributed by atoms with Gasteiger partial charge in [0.15, 0.2) is 0 Å². The molecule has 0 unspecified atom stereocenters. The quantitative estimate of drug-likeness (QED) is 0.620. The molecule has 0 saturated carbocycles. The number of thioether (sulfide) groups is 1. The minimum absolute atomic E-state index is 0.0436. The standard InChI is InChI=1S/C13H14N2O2SSe/c1-13(2)12-11(14-15-19-12)7-5-9(16-3)10(18-4)6-8(7)17-13/h5-6H,1-4H3. The van der Waals surface area contributed by atoms with Crippen molar-refractivity contribution in [1.29, 1.82) is 0 Å². The zero-order chi connectivity index (χ0) is 13.6. The molecule has 100 valence electrons. The van der Waals surface area contributed by atoms with Crippen molar-refractivity contribution in [2.24, 2.45) is 0 Å². The number of benzene rings is 1. The van der Waals surface area contributed by atoms with Crippen LogP contribution >= 0.6 is 11.8 Å². The van der Waals surface area contributed by atoms with E-state index in [9.17, 15) is 0 Å². The van der Waals surface area contributed by atoms with Crippen LogP contribution in [-0.2, 0) is 5.60 Å². The first kappa shape index (κ1) is 13.0. The van der Waals surface area contributed by atoms with Crippen LogP contribution in [0.1, 0.15) is 18.3 Å². The zero-order valence-corrected chi connectivity index (χ0v) is 13.7. The van der Waals surface area contributed by atoms with Gasteiger partial charge in [0.25, 0.3) is 0 Å². The molecule has 19 heavy (non-hydrogen) atoms. The van der Waals surface area contributed by atoms with Gasteiger partial charge in [-0.05, 0) is 0 Å². The zero-order valence-electron chi connectivity index (χ0n) is 11.2. The molecule has 0 saturated heterocycles. The number of nitrogens with zero attached hydrogens (tertiary/aromatic N) is 2. The molecule has 1 aliphatic rings. The monoisotopic (exact) mass is 342 g/mol. The Morgan fingerprint density at radius 3 is 2.84 bits per heavy atom. The van der Waals surface area contributed by atoms with Gasteiger partial charge in [0.1, 0.15) is 0 Å². The maximum absolute atomic E-state index is 6.14. The molecule has 6 heteroatoms. The predicted octanol–water partition coefficient (Wildman–Crippen LogP) is 2.56. The van der Waals surface area contributed by atoms with Crippen LogP contribution in [-0.4, -0.2) is 37.3 Å². The molecule has 4 nitrogen and oxygen atoms in total. The van der Waals surface area contributed by atoms with Gasteiger partial charge in [-0.3, -0.25) is 0 Å². The SMILES string of the molecule is COc1cc2c(cc1SC)OC(C)(C)c1[se]nnc1-2. The van der Waals surface area contributed by atoms with Crippen LogP contribution < -0.4 is 9.47 Å². The molecule has 0 fully saturated rings. The Hall–Kier alpha value is -0.971. The molecule has 0 spiro atoms. The molecule has 1 aromatic heterocycles. The number of fused-ring (bicyclic) bond motifs is 3. The van der Waals surface area contributed by atoms with Gasteiger partial charge >= 0.3 is 122 Å². The van der Waals surface area contributed by atoms with Gasteiger partial charge < -0.3 is 0 Å². The molecule has 0 radical (unpaired) electrons. The molecule has 0 atom stereocenters. The topological polar surface area (TPSA) is 44.2 Å². The molecule has 0 amide bonds. The predicted molar refractivity (Wildman–Crippen MR) is 76.4 cm³/mol. The van der Waals surface area contributed by atoms with E-state index in [2.05, 4.69) is 23.0 Å². The van der Waals surface area contributed by atoms with Crippen LogP contribution in [0.4, 0.5) is 0 Å². The van der Waals surface area contributed by atoms with Crippen molar-refractivity contribution in [2.75, 3.05) is 13.4 Å². The Morgan fingerprint density at radius 2 is 2.16 bits per heavy atom. The summed E-state index contributed by atoms with van der Waals surface area (Å²) in [6.07, 6.45) is 2.03. The summed E-state index contributed by atoms with van der Waals surface area (Å²) >= 11 is 1.69. The van der Waals surface area contributed by atoms with E-state index in [4.69, 9.17) is 9.47 Å². The molecule has 2 aromatic rings. The van der Waals surface area contributed by atoms with Gasteiger partial charge in [-0.25, -0.2) is 0 Å². The number of methoxy groups -OCH3 is 1. The van der Waals surface area contributed by atoms with E-state index in [0.29, 0.717) is 0 Å². The summed E-state index contributed by atoms with van der Waals surface area (Å²) < 4.78 is 17.0. The average molecular weight is 341 g/mol. The molecule has 0 aliphatic carbocycles. The molecular weight excluding hydrogens is 327 g/mol. The van der Waals surface area contributed by atoms with Gasteiger partial charge in [-0.15, -0.1) is 0 Å². The second-order valence-corrected chi connectivity index (χ2v) is 7.20. The first-order chi connectivity index (χ1) is 9.06. The molecule has 0 N–H and O–H groups in total. The molecule has 1 aromatic carbocycles. The number of hydrogen-bond acceptors (Lipinski definition) is 5. The Balaban J connectivity index is 2.25. The minimum atomic E-state index is -0.323. The number of rotatable bonds is 2. The number of hydrogen-bond donors (Lipinski definition) is 0. The Kier molecular flexibility index (Phi) is 3.12. The second kappa shape index (κ2) is 4.54. The van der Waals surface area contributed by atoms with Gasteiger partial charge in [0.05, 0.1) is 0 Å². The van der Waals surface area contributed by atoms with Gasteiger partial charge in [0, 0.05) is 0 Å². The second-order valence-electron chi connectivity index (χ2n) is 4.77. The van der Waals surface area contributed by atoms with Crippen molar-refractivity contribution in [3.05, 3.63) is 16.6 Å². The van der Waals surface area contributed by atoms with Crippen molar-refractivity contribution in [2.45, 2.75) is 24.3 Å². The van der Waals surface area contributed by atoms with Crippen molar-refractivity contribution < 1.29 is 9.47 Å². The van der Waals surface area contributed by atoms with Crippen LogP contribution in [0.25, 0.3) is 11.3 Å². The summed E-state index contributed by atoms with van der Waals surface area (Å²) in [6.45, 7) is 4.15. The number of aromatic nitrogens is 2. The van der Waals surface area contributed by atoms with E-state index < -0.39 is 0 Å². The van der Waals surface area contributed by atoms with Crippen LogP contribution in [0, 0.1) is 0 Å². The Labute approximate surface area is 122 Å². The van der Waals surface area contributed by atoms with E-state index in [-0.39, 0.29) is 20.3 Å². The first-order valence-corrected chi connectivity index (χ1v) is 8.70. The summed E-state index contributed by atoms with van der Waals surface area (Å²) in [5.41, 5.74) is 1.64. The van der Waals surface area contributed by atoms with Crippen LogP contribution in [0.15, 0.2) is 17.0 Å². The maximum atomic E-state index is 6.14. The molecule has 3 rings (SSSR count). The fraction of sp³-hybridized carbons (Fsp3) is 0.385. The fourth-order valence-electron chi connectivity index (χ4n) is 2.21. The van der Waals surface area contributed by atoms with E-state index in [1.165, 1.54) is 4.44 Å². The van der Waals surface area contributed by atoms with Crippen LogP contribution in [0.3, 0.4) is 0 Å². The van der Waals surface area contributed by atoms with Gasteiger partial charge in [-0.1, -0.05) is 0 Å². The molecule has 1 aliphatic heterocycles. The van der Waals surface area contributed by atoms with Gasteiger partial charge in [-0.2, -0.15) is 0 Å². The summed E-state index contributed by atoms with van der Waals surface area (Å²) in [4.78, 5) is 1.07. The third-order valence-corrected chi connectivity index (χ3v) is 6.06. The van der Waals surface area contributed by atoms with Crippen LogP contribution in [0.2, 0.25) is 0 Å². The van der Waals surface area contributed by atoms with Crippen LogP contribution in [0.5, 0.6) is 11.5 Å². The van der Waals surface area contributed by atoms with E-state index in [1.54, 1.807) is 18.9 Å². The van der Waals surface area contributed by atoms with Crippen molar-refractivity contribution in [3.63, 3.8) is 0 Å². The van der Waals surface area contributed by atoms with Crippen molar-refractivity contribution in [1.82, 2.24) is 9.19 Å². The molecular formula is C13H14N2O2SSe. The third kappa shape index (κ3) is 1.98. The van der Waals surface area contributed by atoms with Crippen molar-refractivity contribution >= 4 is 26.5 Å². The third-order valence-electron chi connectivity index (χ3n) is 3.14. The normalized spacial score (nSPS) is 15.4. The number of ether oxygens (including phenoxy) is 2. The fourth-order valence-corrected chi connectivity index (χ4v) is 4.26. The Morgan fingerprint density at radius 1 is 1.37 bits per heavy atom. The molecule has 0 bridgehead atoms. The summed E-state index contributed by atoms with van der Waals surface area (Å²) in [7, 11) is 1.68. The van der Waals surface area contributed by atoms with Gasteiger partial charge in [0.2, 0.25) is 0 Å². The van der Waals surface area contributed by atoms with E-state index in [0.717, 1.165) is 27.7 Å². The summed E-state index contributed by atoms with van der Waals surface area (Å²) in [6, 6.07) is 4.04.